The summed E-state index contributed by atoms with van der Waals surface area (Å²) in [6.07, 6.45) is 0. The van der Waals surface area contributed by atoms with E-state index in [1.807, 2.05) is 36.4 Å². The van der Waals surface area contributed by atoms with Crippen LogP contribution in [-0.2, 0) is 13.2 Å². The third-order valence-corrected chi connectivity index (χ3v) is 5.13. The minimum Gasteiger partial charge on any atom is -0.493 e. The maximum absolute atomic E-state index is 6.21. The van der Waals surface area contributed by atoms with Crippen LogP contribution in [0.15, 0.2) is 65.1 Å². The zero-order valence-corrected chi connectivity index (χ0v) is 17.6. The topological polar surface area (TPSA) is 30.5 Å². The van der Waals surface area contributed by atoms with Gasteiger partial charge in [0.05, 0.1) is 11.6 Å². The van der Waals surface area contributed by atoms with Crippen LogP contribution in [0.1, 0.15) is 16.7 Å². The monoisotopic (exact) mass is 445 g/mol. The number of anilines is 1. The maximum Gasteiger partial charge on any atom is 0.175 e. The fourth-order valence-electron chi connectivity index (χ4n) is 2.66. The van der Waals surface area contributed by atoms with Gasteiger partial charge in [-0.3, -0.25) is 0 Å². The molecule has 0 radical (unpaired) electrons. The van der Waals surface area contributed by atoms with Crippen molar-refractivity contribution in [2.24, 2.45) is 0 Å². The molecule has 0 saturated carbocycles. The van der Waals surface area contributed by atoms with Gasteiger partial charge in [0.25, 0.3) is 0 Å². The van der Waals surface area contributed by atoms with Crippen LogP contribution < -0.4 is 14.8 Å². The van der Waals surface area contributed by atoms with E-state index in [1.165, 1.54) is 5.56 Å². The number of hydrogen-bond donors (Lipinski definition) is 1. The molecule has 5 heteroatoms. The summed E-state index contributed by atoms with van der Waals surface area (Å²) in [5, 5.41) is 4.10. The highest BCUT2D eigenvalue weighted by Crippen LogP contribution is 2.37. The minimum atomic E-state index is 0.371. The molecule has 0 aliphatic carbocycles. The smallest absolute Gasteiger partial charge is 0.175 e. The second kappa shape index (κ2) is 9.16. The second-order valence-corrected chi connectivity index (χ2v) is 7.47. The van der Waals surface area contributed by atoms with Gasteiger partial charge in [-0.15, -0.1) is 0 Å². The van der Waals surface area contributed by atoms with Crippen LogP contribution in [0.25, 0.3) is 0 Å². The van der Waals surface area contributed by atoms with Crippen LogP contribution in [0, 0.1) is 6.92 Å². The second-order valence-electron chi connectivity index (χ2n) is 6.21. The Morgan fingerprint density at radius 1 is 1.04 bits per heavy atom. The molecule has 3 rings (SSSR count). The van der Waals surface area contributed by atoms with Gasteiger partial charge >= 0.3 is 0 Å². The number of benzene rings is 3. The Morgan fingerprint density at radius 2 is 1.78 bits per heavy atom. The maximum atomic E-state index is 6.21. The normalized spacial score (nSPS) is 10.5. The quantitative estimate of drug-likeness (QED) is 0.443. The Hall–Kier alpha value is -2.17. The standard InChI is InChI=1S/C22H21BrClNO2/c1-15-7-9-18(10-8-15)25-13-16-11-19(23)22(21(12-16)26-2)27-14-17-5-3-4-6-20(17)24/h3-12,25H,13-14H2,1-2H3. The van der Waals surface area contributed by atoms with E-state index in [2.05, 4.69) is 52.4 Å². The lowest BCUT2D eigenvalue weighted by atomic mass is 10.1. The first-order chi connectivity index (χ1) is 13.1. The molecule has 3 aromatic rings. The molecule has 1 N–H and O–H groups in total. The summed E-state index contributed by atoms with van der Waals surface area (Å²) < 4.78 is 12.4. The Labute approximate surface area is 173 Å². The molecule has 0 spiro atoms. The van der Waals surface area contributed by atoms with E-state index in [0.717, 1.165) is 21.3 Å². The molecular weight excluding hydrogens is 426 g/mol. The molecule has 3 nitrogen and oxygen atoms in total. The molecule has 0 fully saturated rings. The van der Waals surface area contributed by atoms with Crippen LogP contribution >= 0.6 is 27.5 Å². The van der Waals surface area contributed by atoms with E-state index in [0.29, 0.717) is 29.7 Å². The van der Waals surface area contributed by atoms with Gasteiger partial charge in [-0.05, 0) is 58.7 Å². The van der Waals surface area contributed by atoms with E-state index in [1.54, 1.807) is 7.11 Å². The van der Waals surface area contributed by atoms with Crippen LogP contribution in [0.5, 0.6) is 11.5 Å². The molecule has 0 aromatic heterocycles. The number of rotatable bonds is 7. The average molecular weight is 447 g/mol. The van der Waals surface area contributed by atoms with Gasteiger partial charge in [0.1, 0.15) is 6.61 Å². The largest absolute Gasteiger partial charge is 0.493 e. The van der Waals surface area contributed by atoms with Gasteiger partial charge in [-0.2, -0.15) is 0 Å². The van der Waals surface area contributed by atoms with Gasteiger partial charge in [-0.25, -0.2) is 0 Å². The number of halogens is 2. The van der Waals surface area contributed by atoms with Crippen LogP contribution in [0.2, 0.25) is 5.02 Å². The molecule has 0 heterocycles. The fourth-order valence-corrected chi connectivity index (χ4v) is 3.45. The first kappa shape index (κ1) is 19.6. The predicted octanol–water partition coefficient (Wildman–Crippen LogP) is 6.61. The van der Waals surface area contributed by atoms with Gasteiger partial charge in [0.2, 0.25) is 0 Å². The molecule has 0 unspecified atom stereocenters. The summed E-state index contributed by atoms with van der Waals surface area (Å²) in [5.74, 6) is 1.34. The van der Waals surface area contributed by atoms with Gasteiger partial charge < -0.3 is 14.8 Å². The van der Waals surface area contributed by atoms with E-state index < -0.39 is 0 Å². The Bertz CT molecular complexity index is 913. The zero-order valence-electron chi connectivity index (χ0n) is 15.3. The summed E-state index contributed by atoms with van der Waals surface area (Å²) in [5.41, 5.74) is 4.34. The number of nitrogens with one attached hydrogen (secondary N) is 1. The lowest BCUT2D eigenvalue weighted by Gasteiger charge is -2.15. The first-order valence-corrected chi connectivity index (χ1v) is 9.77. The Morgan fingerprint density at radius 3 is 2.48 bits per heavy atom. The third kappa shape index (κ3) is 5.18. The van der Waals surface area contributed by atoms with E-state index in [4.69, 9.17) is 21.1 Å². The number of aryl methyl sites for hydroxylation is 1. The molecule has 0 amide bonds. The van der Waals surface area contributed by atoms with E-state index in [9.17, 15) is 0 Å². The summed E-state index contributed by atoms with van der Waals surface area (Å²) in [6.45, 7) is 3.13. The SMILES string of the molecule is COc1cc(CNc2ccc(C)cc2)cc(Br)c1OCc1ccccc1Cl. The highest BCUT2D eigenvalue weighted by molar-refractivity contribution is 9.10. The summed E-state index contributed by atoms with van der Waals surface area (Å²) in [7, 11) is 1.64. The van der Waals surface area contributed by atoms with Crippen molar-refractivity contribution in [3.63, 3.8) is 0 Å². The van der Waals surface area contributed by atoms with Crippen LogP contribution in [-0.4, -0.2) is 7.11 Å². The molecule has 140 valence electrons. The molecule has 3 aromatic carbocycles. The fraction of sp³-hybridized carbons (Fsp3) is 0.182. The lowest BCUT2D eigenvalue weighted by molar-refractivity contribution is 0.282. The van der Waals surface area contributed by atoms with Crippen molar-refractivity contribution in [1.82, 2.24) is 0 Å². The van der Waals surface area contributed by atoms with Crippen LogP contribution in [0.3, 0.4) is 0 Å². The van der Waals surface area contributed by atoms with Crippen molar-refractivity contribution in [2.45, 2.75) is 20.1 Å². The average Bonchev–Trinajstić information content (AvgIpc) is 2.67. The number of hydrogen-bond acceptors (Lipinski definition) is 3. The van der Waals surface area contributed by atoms with Crippen molar-refractivity contribution >= 4 is 33.2 Å². The zero-order chi connectivity index (χ0) is 19.2. The Balaban J connectivity index is 1.72. The molecule has 0 saturated heterocycles. The number of methoxy groups -OCH3 is 1. The van der Waals surface area contributed by atoms with Crippen molar-refractivity contribution in [3.8, 4) is 11.5 Å². The lowest BCUT2D eigenvalue weighted by Crippen LogP contribution is -2.03. The molecular formula is C22H21BrClNO2. The third-order valence-electron chi connectivity index (χ3n) is 4.17. The van der Waals surface area contributed by atoms with Crippen molar-refractivity contribution in [2.75, 3.05) is 12.4 Å². The first-order valence-electron chi connectivity index (χ1n) is 8.60. The van der Waals surface area contributed by atoms with Crippen molar-refractivity contribution in [1.29, 1.82) is 0 Å². The minimum absolute atomic E-state index is 0.371. The van der Waals surface area contributed by atoms with Gasteiger partial charge in [0, 0.05) is 22.8 Å². The molecule has 27 heavy (non-hydrogen) atoms. The molecule has 0 aliphatic heterocycles. The molecule has 0 atom stereocenters. The van der Waals surface area contributed by atoms with Crippen LogP contribution in [0.4, 0.5) is 5.69 Å². The summed E-state index contributed by atoms with van der Waals surface area (Å²) >= 11 is 9.81. The molecule has 0 bridgehead atoms. The Kier molecular flexibility index (Phi) is 6.64. The van der Waals surface area contributed by atoms with Gasteiger partial charge in [0.15, 0.2) is 11.5 Å². The number of ether oxygens (including phenoxy) is 2. The van der Waals surface area contributed by atoms with Gasteiger partial charge in [-0.1, -0.05) is 47.5 Å². The van der Waals surface area contributed by atoms with Crippen molar-refractivity contribution < 1.29 is 9.47 Å². The van der Waals surface area contributed by atoms with E-state index in [-0.39, 0.29) is 0 Å². The highest BCUT2D eigenvalue weighted by Gasteiger charge is 2.13. The highest BCUT2D eigenvalue weighted by atomic mass is 79.9. The summed E-state index contributed by atoms with van der Waals surface area (Å²) in [4.78, 5) is 0. The van der Waals surface area contributed by atoms with Crippen molar-refractivity contribution in [3.05, 3.63) is 86.8 Å². The predicted molar refractivity (Wildman–Crippen MR) is 115 cm³/mol. The molecule has 0 aliphatic rings. The summed E-state index contributed by atoms with van der Waals surface area (Å²) in [6, 6.07) is 20.0. The van der Waals surface area contributed by atoms with E-state index >= 15 is 0 Å².